The maximum atomic E-state index is 5.99. The number of ether oxygens (including phenoxy) is 3. The molecule has 1 aliphatic heterocycles. The number of rotatable bonds is 4. The second kappa shape index (κ2) is 6.02. The molecule has 5 heteroatoms. The molecule has 0 atom stereocenters. The standard InChI is InChI=1S/C14H22N2O3/c1-16-6-4-10(5-7-16)19-12-9-14(18-3)13(17-2)8-11(12)15/h8-10H,4-7,15H2,1-3H3. The van der Waals surface area contributed by atoms with Gasteiger partial charge < -0.3 is 24.8 Å². The highest BCUT2D eigenvalue weighted by Gasteiger charge is 2.20. The van der Waals surface area contributed by atoms with Crippen LogP contribution in [0.4, 0.5) is 5.69 Å². The first-order valence-electron chi connectivity index (χ1n) is 6.50. The molecule has 2 N–H and O–H groups in total. The molecule has 0 bridgehead atoms. The molecule has 0 amide bonds. The molecule has 0 saturated carbocycles. The van der Waals surface area contributed by atoms with Gasteiger partial charge in [0.1, 0.15) is 11.9 Å². The summed E-state index contributed by atoms with van der Waals surface area (Å²) >= 11 is 0. The van der Waals surface area contributed by atoms with E-state index in [9.17, 15) is 0 Å². The van der Waals surface area contributed by atoms with Crippen molar-refractivity contribution in [3.63, 3.8) is 0 Å². The number of benzene rings is 1. The molecule has 0 unspecified atom stereocenters. The minimum Gasteiger partial charge on any atom is -0.493 e. The summed E-state index contributed by atoms with van der Waals surface area (Å²) in [5.74, 6) is 1.93. The zero-order chi connectivity index (χ0) is 13.8. The van der Waals surface area contributed by atoms with Crippen LogP contribution in [0.5, 0.6) is 17.2 Å². The summed E-state index contributed by atoms with van der Waals surface area (Å²) in [5.41, 5.74) is 6.57. The van der Waals surface area contributed by atoms with Crippen LogP contribution in [0.3, 0.4) is 0 Å². The number of nitrogens with two attached hydrogens (primary N) is 1. The van der Waals surface area contributed by atoms with Crippen LogP contribution >= 0.6 is 0 Å². The van der Waals surface area contributed by atoms with Crippen molar-refractivity contribution in [2.24, 2.45) is 0 Å². The molecule has 0 spiro atoms. The van der Waals surface area contributed by atoms with Crippen molar-refractivity contribution in [3.05, 3.63) is 12.1 Å². The van der Waals surface area contributed by atoms with Gasteiger partial charge in [-0.25, -0.2) is 0 Å². The topological polar surface area (TPSA) is 57.0 Å². The second-order valence-corrected chi connectivity index (χ2v) is 4.87. The number of likely N-dealkylation sites (tertiary alicyclic amines) is 1. The van der Waals surface area contributed by atoms with Crippen LogP contribution in [0.2, 0.25) is 0 Å². The van der Waals surface area contributed by atoms with E-state index in [1.165, 1.54) is 0 Å². The van der Waals surface area contributed by atoms with Gasteiger partial charge in [-0.1, -0.05) is 0 Å². The van der Waals surface area contributed by atoms with Gasteiger partial charge in [0.25, 0.3) is 0 Å². The van der Waals surface area contributed by atoms with Crippen LogP contribution in [0.15, 0.2) is 12.1 Å². The summed E-state index contributed by atoms with van der Waals surface area (Å²) in [5, 5.41) is 0. The molecule has 1 fully saturated rings. The molecule has 2 rings (SSSR count). The van der Waals surface area contributed by atoms with Crippen LogP contribution in [0.25, 0.3) is 0 Å². The Morgan fingerprint density at radius 2 is 1.63 bits per heavy atom. The smallest absolute Gasteiger partial charge is 0.164 e. The first-order chi connectivity index (χ1) is 9.13. The van der Waals surface area contributed by atoms with Gasteiger partial charge in [0.15, 0.2) is 11.5 Å². The third kappa shape index (κ3) is 3.23. The van der Waals surface area contributed by atoms with Gasteiger partial charge in [-0.15, -0.1) is 0 Å². The highest BCUT2D eigenvalue weighted by molar-refractivity contribution is 5.62. The molecule has 19 heavy (non-hydrogen) atoms. The monoisotopic (exact) mass is 266 g/mol. The molecule has 0 radical (unpaired) electrons. The maximum Gasteiger partial charge on any atom is 0.164 e. The Hall–Kier alpha value is -1.62. The fraction of sp³-hybridized carbons (Fsp3) is 0.571. The normalized spacial score (nSPS) is 17.2. The molecule has 0 aromatic heterocycles. The molecular formula is C14H22N2O3. The van der Waals surface area contributed by atoms with E-state index in [-0.39, 0.29) is 6.10 Å². The number of piperidine rings is 1. The average Bonchev–Trinajstić information content (AvgIpc) is 2.43. The van der Waals surface area contributed by atoms with E-state index in [1.807, 2.05) is 0 Å². The second-order valence-electron chi connectivity index (χ2n) is 4.87. The zero-order valence-electron chi connectivity index (χ0n) is 11.8. The Kier molecular flexibility index (Phi) is 4.37. The Balaban J connectivity index is 2.11. The van der Waals surface area contributed by atoms with Gasteiger partial charge in [0.05, 0.1) is 19.9 Å². The molecule has 106 valence electrons. The van der Waals surface area contributed by atoms with Gasteiger partial charge in [0.2, 0.25) is 0 Å². The zero-order valence-corrected chi connectivity index (χ0v) is 11.8. The van der Waals surface area contributed by atoms with Crippen LogP contribution in [-0.2, 0) is 0 Å². The van der Waals surface area contributed by atoms with Crippen LogP contribution in [-0.4, -0.2) is 45.4 Å². The lowest BCUT2D eigenvalue weighted by atomic mass is 10.1. The van der Waals surface area contributed by atoms with Gasteiger partial charge in [-0.2, -0.15) is 0 Å². The summed E-state index contributed by atoms with van der Waals surface area (Å²) in [4.78, 5) is 2.30. The Morgan fingerprint density at radius 3 is 2.21 bits per heavy atom. The van der Waals surface area contributed by atoms with E-state index in [0.29, 0.717) is 22.9 Å². The minimum atomic E-state index is 0.219. The highest BCUT2D eigenvalue weighted by Crippen LogP contribution is 2.37. The highest BCUT2D eigenvalue weighted by atomic mass is 16.5. The van der Waals surface area contributed by atoms with Crippen molar-refractivity contribution >= 4 is 5.69 Å². The summed E-state index contributed by atoms with van der Waals surface area (Å²) in [6.45, 7) is 2.11. The Morgan fingerprint density at radius 1 is 1.05 bits per heavy atom. The van der Waals surface area contributed by atoms with E-state index < -0.39 is 0 Å². The average molecular weight is 266 g/mol. The molecule has 1 aromatic rings. The lowest BCUT2D eigenvalue weighted by molar-refractivity contribution is 0.114. The minimum absolute atomic E-state index is 0.219. The number of methoxy groups -OCH3 is 2. The molecule has 1 heterocycles. The molecule has 1 aliphatic rings. The fourth-order valence-corrected chi connectivity index (χ4v) is 2.26. The third-order valence-corrected chi connectivity index (χ3v) is 3.48. The molecule has 0 aliphatic carbocycles. The van der Waals surface area contributed by atoms with E-state index in [1.54, 1.807) is 26.4 Å². The number of hydrogen-bond acceptors (Lipinski definition) is 5. The van der Waals surface area contributed by atoms with Crippen molar-refractivity contribution in [2.45, 2.75) is 18.9 Å². The van der Waals surface area contributed by atoms with Crippen LogP contribution in [0.1, 0.15) is 12.8 Å². The summed E-state index contributed by atoms with van der Waals surface area (Å²) < 4.78 is 16.5. The van der Waals surface area contributed by atoms with Crippen molar-refractivity contribution in [2.75, 3.05) is 40.1 Å². The summed E-state index contributed by atoms with van der Waals surface area (Å²) in [7, 11) is 5.32. The number of anilines is 1. The van der Waals surface area contributed by atoms with E-state index in [4.69, 9.17) is 19.9 Å². The van der Waals surface area contributed by atoms with Crippen molar-refractivity contribution in [1.82, 2.24) is 4.90 Å². The van der Waals surface area contributed by atoms with Gasteiger partial charge in [0, 0.05) is 25.2 Å². The molecule has 1 aromatic carbocycles. The predicted molar refractivity (Wildman–Crippen MR) is 75.1 cm³/mol. The van der Waals surface area contributed by atoms with Gasteiger partial charge in [-0.05, 0) is 19.9 Å². The maximum absolute atomic E-state index is 5.99. The summed E-state index contributed by atoms with van der Waals surface area (Å²) in [6, 6.07) is 3.54. The molecule has 1 saturated heterocycles. The molecule has 5 nitrogen and oxygen atoms in total. The quantitative estimate of drug-likeness (QED) is 0.842. The number of nitrogen functional groups attached to an aromatic ring is 1. The van der Waals surface area contributed by atoms with E-state index >= 15 is 0 Å². The lowest BCUT2D eigenvalue weighted by Crippen LogP contribution is -2.35. The SMILES string of the molecule is COc1cc(N)c(OC2CCN(C)CC2)cc1OC. The fourth-order valence-electron chi connectivity index (χ4n) is 2.26. The van der Waals surface area contributed by atoms with E-state index in [2.05, 4.69) is 11.9 Å². The van der Waals surface area contributed by atoms with Gasteiger partial charge >= 0.3 is 0 Å². The number of nitrogens with zero attached hydrogens (tertiary/aromatic N) is 1. The molecular weight excluding hydrogens is 244 g/mol. The Labute approximate surface area is 114 Å². The lowest BCUT2D eigenvalue weighted by Gasteiger charge is -2.29. The largest absolute Gasteiger partial charge is 0.493 e. The van der Waals surface area contributed by atoms with Crippen molar-refractivity contribution in [1.29, 1.82) is 0 Å². The summed E-state index contributed by atoms with van der Waals surface area (Å²) in [6.07, 6.45) is 2.26. The predicted octanol–water partition coefficient (Wildman–Crippen LogP) is 1.76. The number of hydrogen-bond donors (Lipinski definition) is 1. The first kappa shape index (κ1) is 13.8. The van der Waals surface area contributed by atoms with Gasteiger partial charge in [-0.3, -0.25) is 0 Å². The van der Waals surface area contributed by atoms with Crippen LogP contribution < -0.4 is 19.9 Å². The van der Waals surface area contributed by atoms with Crippen molar-refractivity contribution in [3.8, 4) is 17.2 Å². The van der Waals surface area contributed by atoms with Crippen molar-refractivity contribution < 1.29 is 14.2 Å². The third-order valence-electron chi connectivity index (χ3n) is 3.48. The Bertz CT molecular complexity index is 429. The van der Waals surface area contributed by atoms with Crippen LogP contribution in [0, 0.1) is 0 Å². The first-order valence-corrected chi connectivity index (χ1v) is 6.50. The van der Waals surface area contributed by atoms with E-state index in [0.717, 1.165) is 25.9 Å².